The summed E-state index contributed by atoms with van der Waals surface area (Å²) in [6.45, 7) is 16.1. The molecule has 2 aliphatic rings. The Morgan fingerprint density at radius 3 is 1.32 bits per heavy atom. The maximum atomic E-state index is 12.9. The molecule has 1 aromatic heterocycles. The van der Waals surface area contributed by atoms with Crippen LogP contribution in [-0.2, 0) is 9.47 Å². The van der Waals surface area contributed by atoms with Crippen LogP contribution >= 0.6 is 0 Å². The number of piperazine rings is 2. The summed E-state index contributed by atoms with van der Waals surface area (Å²) >= 11 is 0. The van der Waals surface area contributed by atoms with Gasteiger partial charge in [0.25, 0.3) is 11.8 Å². The summed E-state index contributed by atoms with van der Waals surface area (Å²) in [6.07, 6.45) is 0.783. The van der Waals surface area contributed by atoms with Gasteiger partial charge >= 0.3 is 12.2 Å². The summed E-state index contributed by atoms with van der Waals surface area (Å²) < 4.78 is 11.0. The number of anilines is 4. The lowest BCUT2D eigenvalue weighted by Gasteiger charge is -2.36. The molecule has 0 unspecified atom stereocenters. The third-order valence-corrected chi connectivity index (χ3v) is 8.10. The Morgan fingerprint density at radius 2 is 0.960 bits per heavy atom. The number of pyridine rings is 1. The molecule has 5 rings (SSSR count). The molecule has 0 aliphatic carbocycles. The lowest BCUT2D eigenvalue weighted by molar-refractivity contribution is 0.0230. The average Bonchev–Trinajstić information content (AvgIpc) is 3.07. The summed E-state index contributed by atoms with van der Waals surface area (Å²) in [4.78, 5) is 62.5. The molecule has 0 spiro atoms. The van der Waals surface area contributed by atoms with Gasteiger partial charge in [0.2, 0.25) is 0 Å². The second kappa shape index (κ2) is 15.1. The molecular formula is C37H47N7O6. The quantitative estimate of drug-likeness (QED) is 0.335. The zero-order valence-corrected chi connectivity index (χ0v) is 29.7. The molecule has 2 fully saturated rings. The largest absolute Gasteiger partial charge is 0.444 e. The van der Waals surface area contributed by atoms with Crippen LogP contribution in [0.1, 0.15) is 62.4 Å². The van der Waals surface area contributed by atoms with E-state index in [0.29, 0.717) is 69.3 Å². The molecule has 0 bridgehead atoms. The van der Waals surface area contributed by atoms with E-state index in [-0.39, 0.29) is 23.8 Å². The van der Waals surface area contributed by atoms with Gasteiger partial charge in [0.15, 0.2) is 0 Å². The first-order valence-corrected chi connectivity index (χ1v) is 16.9. The van der Waals surface area contributed by atoms with Gasteiger partial charge in [0.05, 0.1) is 5.56 Å². The van der Waals surface area contributed by atoms with Crippen LogP contribution in [0.5, 0.6) is 0 Å². The standard InChI is InChI=1S/C37H47N7O6/c1-36(2,3)49-34(47)43-21-17-41(18-22-43)29-12-8-27(9-13-29)39-32(45)26-7-16-31(38-25-26)33(46)40-28-10-14-30(15-11-28)42-19-23-44(24-20-42)35(48)50-37(4,5)6/h7-16,25H,17-24H2,1-6H3,(H,39,45)(H,40,46). The van der Waals surface area contributed by atoms with Crippen molar-refractivity contribution in [2.24, 2.45) is 0 Å². The Bertz CT molecular complexity index is 1520. The second-order valence-corrected chi connectivity index (χ2v) is 14.3. The third-order valence-electron chi connectivity index (χ3n) is 8.10. The molecule has 2 N–H and O–H groups in total. The van der Waals surface area contributed by atoms with E-state index in [4.69, 9.17) is 9.47 Å². The number of rotatable bonds is 6. The molecule has 0 atom stereocenters. The van der Waals surface area contributed by atoms with Crippen LogP contribution in [0.25, 0.3) is 0 Å². The number of ether oxygens (including phenoxy) is 2. The number of aromatic nitrogens is 1. The number of carbonyl (C=O) groups excluding carboxylic acids is 4. The monoisotopic (exact) mass is 685 g/mol. The minimum absolute atomic E-state index is 0.181. The highest BCUT2D eigenvalue weighted by Crippen LogP contribution is 2.23. The normalized spacial score (nSPS) is 15.3. The van der Waals surface area contributed by atoms with Gasteiger partial charge < -0.3 is 39.7 Å². The van der Waals surface area contributed by atoms with Gasteiger partial charge in [-0.15, -0.1) is 0 Å². The average molecular weight is 686 g/mol. The molecular weight excluding hydrogens is 638 g/mol. The SMILES string of the molecule is CC(C)(C)OC(=O)N1CCN(c2ccc(NC(=O)c3ccc(C(=O)Nc4ccc(N5CCN(C(=O)OC(C)(C)C)CC5)cc4)nc3)cc2)CC1. The lowest BCUT2D eigenvalue weighted by atomic mass is 10.2. The lowest BCUT2D eigenvalue weighted by Crippen LogP contribution is -2.50. The van der Waals surface area contributed by atoms with Gasteiger partial charge in [-0.2, -0.15) is 0 Å². The molecule has 0 saturated carbocycles. The minimum Gasteiger partial charge on any atom is -0.444 e. The third kappa shape index (κ3) is 9.86. The predicted molar refractivity (Wildman–Crippen MR) is 193 cm³/mol. The van der Waals surface area contributed by atoms with Crippen molar-refractivity contribution in [1.29, 1.82) is 0 Å². The van der Waals surface area contributed by atoms with E-state index in [2.05, 4.69) is 25.4 Å². The van der Waals surface area contributed by atoms with Crippen molar-refractivity contribution < 1.29 is 28.7 Å². The highest BCUT2D eigenvalue weighted by molar-refractivity contribution is 6.06. The minimum atomic E-state index is -0.526. The van der Waals surface area contributed by atoms with Gasteiger partial charge in [-0.3, -0.25) is 14.6 Å². The molecule has 13 nitrogen and oxygen atoms in total. The molecule has 0 radical (unpaired) electrons. The maximum absolute atomic E-state index is 12.9. The topological polar surface area (TPSA) is 137 Å². The van der Waals surface area contributed by atoms with Crippen LogP contribution in [-0.4, -0.2) is 102 Å². The van der Waals surface area contributed by atoms with Crippen molar-refractivity contribution in [1.82, 2.24) is 14.8 Å². The first kappa shape index (κ1) is 36.0. The molecule has 13 heteroatoms. The molecule has 2 saturated heterocycles. The highest BCUT2D eigenvalue weighted by atomic mass is 16.6. The van der Waals surface area contributed by atoms with E-state index in [1.54, 1.807) is 15.9 Å². The Kier molecular flexibility index (Phi) is 10.8. The van der Waals surface area contributed by atoms with E-state index >= 15 is 0 Å². The highest BCUT2D eigenvalue weighted by Gasteiger charge is 2.27. The van der Waals surface area contributed by atoms with E-state index in [9.17, 15) is 19.2 Å². The van der Waals surface area contributed by atoms with Crippen molar-refractivity contribution in [3.8, 4) is 0 Å². The van der Waals surface area contributed by atoms with Crippen molar-refractivity contribution in [2.45, 2.75) is 52.7 Å². The Hall–Kier alpha value is -5.33. The number of nitrogens with one attached hydrogen (secondary N) is 2. The molecule has 3 aromatic rings. The number of benzene rings is 2. The molecule has 50 heavy (non-hydrogen) atoms. The number of hydrogen-bond donors (Lipinski definition) is 2. The summed E-state index contributed by atoms with van der Waals surface area (Å²) in [7, 11) is 0. The maximum Gasteiger partial charge on any atom is 0.410 e. The van der Waals surface area contributed by atoms with Crippen LogP contribution in [0.4, 0.5) is 32.3 Å². The van der Waals surface area contributed by atoms with Gasteiger partial charge in [-0.25, -0.2) is 9.59 Å². The van der Waals surface area contributed by atoms with E-state index < -0.39 is 17.1 Å². The Morgan fingerprint density at radius 1 is 0.560 bits per heavy atom. The summed E-state index contributed by atoms with van der Waals surface area (Å²) in [6, 6.07) is 18.1. The smallest absolute Gasteiger partial charge is 0.410 e. The predicted octanol–water partition coefficient (Wildman–Crippen LogP) is 5.70. The van der Waals surface area contributed by atoms with Crippen LogP contribution in [0.2, 0.25) is 0 Å². The zero-order chi connectivity index (χ0) is 36.1. The number of carbonyl (C=O) groups is 4. The van der Waals surface area contributed by atoms with Gasteiger partial charge in [0, 0.05) is 81.3 Å². The van der Waals surface area contributed by atoms with E-state index in [1.807, 2.05) is 90.1 Å². The van der Waals surface area contributed by atoms with Crippen molar-refractivity contribution in [2.75, 3.05) is 72.8 Å². The fraction of sp³-hybridized carbons (Fsp3) is 0.432. The van der Waals surface area contributed by atoms with Crippen molar-refractivity contribution in [3.63, 3.8) is 0 Å². The second-order valence-electron chi connectivity index (χ2n) is 14.3. The number of nitrogens with zero attached hydrogens (tertiary/aromatic N) is 5. The Labute approximate surface area is 293 Å². The van der Waals surface area contributed by atoms with Gasteiger partial charge in [-0.05, 0) is 102 Å². The van der Waals surface area contributed by atoms with Crippen LogP contribution in [0.3, 0.4) is 0 Å². The molecule has 2 aliphatic heterocycles. The number of amides is 4. The Balaban J connectivity index is 1.07. The van der Waals surface area contributed by atoms with E-state index in [1.165, 1.54) is 12.3 Å². The van der Waals surface area contributed by atoms with Gasteiger partial charge in [-0.1, -0.05) is 0 Å². The van der Waals surface area contributed by atoms with Crippen molar-refractivity contribution >= 4 is 46.8 Å². The molecule has 4 amide bonds. The van der Waals surface area contributed by atoms with Gasteiger partial charge in [0.1, 0.15) is 16.9 Å². The summed E-state index contributed by atoms with van der Waals surface area (Å²) in [5, 5.41) is 5.72. The van der Waals surface area contributed by atoms with E-state index in [0.717, 1.165) is 11.4 Å². The van der Waals surface area contributed by atoms with Crippen LogP contribution in [0, 0.1) is 0 Å². The van der Waals surface area contributed by atoms with Crippen molar-refractivity contribution in [3.05, 3.63) is 78.1 Å². The fourth-order valence-electron chi connectivity index (χ4n) is 5.52. The zero-order valence-electron chi connectivity index (χ0n) is 29.7. The first-order valence-electron chi connectivity index (χ1n) is 16.9. The van der Waals surface area contributed by atoms with Crippen LogP contribution in [0.15, 0.2) is 66.9 Å². The summed E-state index contributed by atoms with van der Waals surface area (Å²) in [5.74, 6) is -0.733. The molecule has 266 valence electrons. The molecule has 3 heterocycles. The fourth-order valence-corrected chi connectivity index (χ4v) is 5.52. The summed E-state index contributed by atoms with van der Waals surface area (Å²) in [5.41, 5.74) is 2.68. The number of hydrogen-bond acceptors (Lipinski definition) is 9. The van der Waals surface area contributed by atoms with Crippen LogP contribution < -0.4 is 20.4 Å². The molecule has 2 aromatic carbocycles. The first-order chi connectivity index (χ1) is 23.6.